The molecule has 0 aromatic heterocycles. The Morgan fingerprint density at radius 3 is 3.14 bits per heavy atom. The van der Waals surface area contributed by atoms with Crippen molar-refractivity contribution in [1.29, 1.82) is 0 Å². The third-order valence-corrected chi connectivity index (χ3v) is 0.708. The van der Waals surface area contributed by atoms with Gasteiger partial charge in [-0.1, -0.05) is 0 Å². The summed E-state index contributed by atoms with van der Waals surface area (Å²) in [5.41, 5.74) is 2.19. The quantitative estimate of drug-likeness (QED) is 0.548. The molecule has 0 atom stereocenters. The van der Waals surface area contributed by atoms with Crippen LogP contribution in [0.5, 0.6) is 0 Å². The van der Waals surface area contributed by atoms with Gasteiger partial charge in [-0.15, -0.1) is 0 Å². The molecule has 0 aromatic carbocycles. The first kappa shape index (κ1) is 0.957. The Kier molecular flexibility index (Phi) is 0.199. The molecule has 2 N–H and O–H groups in total. The lowest BCUT2D eigenvalue weighted by Gasteiger charge is -2.06. The van der Waals surface area contributed by atoms with Crippen LogP contribution in [0, 0.1) is 0 Å². The Hall–Kier alpha value is -0.0800. The average Bonchev–Trinajstić information content (AvgIpc) is 2.24. The smallest absolute Gasteiger partial charge is 0.0802 e. The van der Waals surface area contributed by atoms with Crippen LogP contribution in [0.15, 0.2) is 0 Å². The summed E-state index contributed by atoms with van der Waals surface area (Å²) < 4.78 is 68.2. The van der Waals surface area contributed by atoms with Gasteiger partial charge in [-0.3, -0.25) is 0 Å². The van der Waals surface area contributed by atoms with Crippen LogP contribution in [0.1, 0.15) is 25.1 Å². The Balaban J connectivity index is 3.21. The minimum atomic E-state index is -3.14. The first-order chi connectivity index (χ1) is 6.71. The van der Waals surface area contributed by atoms with Gasteiger partial charge in [0.1, 0.15) is 0 Å². The molecule has 0 saturated heterocycles. The second-order valence-electron chi connectivity index (χ2n) is 1.18. The summed E-state index contributed by atoms with van der Waals surface area (Å²) in [6, 6.07) is 0. The summed E-state index contributed by atoms with van der Waals surface area (Å²) in [7, 11) is -3.14. The Morgan fingerprint density at radius 1 is 2.29 bits per heavy atom. The van der Waals surface area contributed by atoms with Crippen LogP contribution in [0.3, 0.4) is 0 Å². The summed E-state index contributed by atoms with van der Waals surface area (Å²) in [6.07, 6.45) is -5.60. The number of ether oxygens (including phenoxy) is 1. The van der Waals surface area contributed by atoms with Crippen molar-refractivity contribution in [2.75, 3.05) is 13.5 Å². The zero-order chi connectivity index (χ0) is 13.2. The van der Waals surface area contributed by atoms with Crippen molar-refractivity contribution in [2.45, 2.75) is 18.3 Å². The summed E-state index contributed by atoms with van der Waals surface area (Å²) >= 11 is 0. The van der Waals surface area contributed by atoms with Crippen LogP contribution in [0.25, 0.3) is 0 Å². The molecular weight excluding hydrogens is 90.1 g/mol. The van der Waals surface area contributed by atoms with Gasteiger partial charge < -0.3 is 10.5 Å². The Morgan fingerprint density at radius 2 is 3.00 bits per heavy atom. The second kappa shape index (κ2) is 1.46. The van der Waals surface area contributed by atoms with Crippen LogP contribution in [0.4, 0.5) is 0 Å². The SMILES string of the molecule is [2H]C([2H])([2H])OC1(C([2H])([2H])N)C([2H])([2H])C1([2H])[2H]. The van der Waals surface area contributed by atoms with Crippen LogP contribution in [-0.2, 0) is 4.74 Å². The fraction of sp³-hybridized carbons (Fsp3) is 1.00. The van der Waals surface area contributed by atoms with E-state index in [9.17, 15) is 0 Å². The summed E-state index contributed by atoms with van der Waals surface area (Å²) in [5.74, 6) is 0. The maximum atomic E-state index is 7.29. The highest BCUT2D eigenvalue weighted by Crippen LogP contribution is 2.37. The van der Waals surface area contributed by atoms with Crippen LogP contribution in [-0.4, -0.2) is 19.1 Å². The lowest BCUT2D eigenvalue weighted by molar-refractivity contribution is 0.0878. The standard InChI is InChI=1S/C5H11NO/c1-7-5(4-6)2-3-5/h2-4,6H2,1H3/i1D3,2D2,3D2,4D2. The topological polar surface area (TPSA) is 35.2 Å². The lowest BCUT2D eigenvalue weighted by Crippen LogP contribution is -2.23. The maximum absolute atomic E-state index is 7.29. The van der Waals surface area contributed by atoms with E-state index in [1.807, 2.05) is 0 Å². The van der Waals surface area contributed by atoms with Crippen LogP contribution in [0.2, 0.25) is 0 Å². The number of rotatable bonds is 2. The highest BCUT2D eigenvalue weighted by molar-refractivity contribution is 4.95. The van der Waals surface area contributed by atoms with E-state index in [1.165, 1.54) is 0 Å². The van der Waals surface area contributed by atoms with E-state index in [2.05, 4.69) is 4.74 Å². The highest BCUT2D eigenvalue weighted by Gasteiger charge is 2.41. The first-order valence-electron chi connectivity index (χ1n) is 6.20. The molecule has 0 radical (unpaired) electrons. The molecule has 7 heavy (non-hydrogen) atoms. The van der Waals surface area contributed by atoms with Crippen molar-refractivity contribution < 1.29 is 17.1 Å². The molecule has 42 valence electrons. The third kappa shape index (κ3) is 0.763. The highest BCUT2D eigenvalue weighted by atomic mass is 16.5. The third-order valence-electron chi connectivity index (χ3n) is 0.708. The number of hydrogen-bond donors (Lipinski definition) is 1. The molecule has 0 heterocycles. The fourth-order valence-electron chi connectivity index (χ4n) is 0.209. The molecule has 1 saturated carbocycles. The van der Waals surface area contributed by atoms with E-state index >= 15 is 0 Å². The van der Waals surface area contributed by atoms with Crippen LogP contribution >= 0.6 is 0 Å². The molecule has 0 aromatic rings. The fourth-order valence-corrected chi connectivity index (χ4v) is 0.209. The van der Waals surface area contributed by atoms with Gasteiger partial charge in [-0.25, -0.2) is 0 Å². The van der Waals surface area contributed by atoms with E-state index in [4.69, 9.17) is 18.1 Å². The first-order valence-corrected chi connectivity index (χ1v) is 1.70. The predicted octanol–water partition coefficient (Wildman–Crippen LogP) is 0.124. The molecule has 2 heteroatoms. The van der Waals surface area contributed by atoms with Gasteiger partial charge in [0.05, 0.1) is 9.71 Å². The van der Waals surface area contributed by atoms with Gasteiger partial charge in [0.2, 0.25) is 0 Å². The molecule has 2 nitrogen and oxygen atoms in total. The molecule has 0 bridgehead atoms. The van der Waals surface area contributed by atoms with Crippen molar-refractivity contribution in [3.63, 3.8) is 0 Å². The Bertz CT molecular complexity index is 288. The molecule has 1 fully saturated rings. The van der Waals surface area contributed by atoms with Gasteiger partial charge in [0.15, 0.2) is 0 Å². The monoisotopic (exact) mass is 110 g/mol. The van der Waals surface area contributed by atoms with Gasteiger partial charge in [-0.2, -0.15) is 0 Å². The van der Waals surface area contributed by atoms with E-state index in [0.29, 0.717) is 0 Å². The van der Waals surface area contributed by atoms with Crippen molar-refractivity contribution in [3.8, 4) is 0 Å². The predicted molar refractivity (Wildman–Crippen MR) is 28.0 cm³/mol. The number of nitrogens with two attached hydrogens (primary N) is 1. The number of hydrogen-bond acceptors (Lipinski definition) is 2. The van der Waals surface area contributed by atoms with Crippen LogP contribution < -0.4 is 5.73 Å². The van der Waals surface area contributed by atoms with Gasteiger partial charge in [0, 0.05) is 21.8 Å². The molecular formula is C5H11NO. The average molecular weight is 110 g/mol. The summed E-state index contributed by atoms with van der Waals surface area (Å²) in [4.78, 5) is 0. The molecule has 0 unspecified atom stereocenters. The summed E-state index contributed by atoms with van der Waals surface area (Å²) in [6.45, 7) is -2.95. The van der Waals surface area contributed by atoms with Gasteiger partial charge in [-0.05, 0) is 12.7 Å². The zero-order valence-corrected chi connectivity index (χ0v) is 3.49. The second-order valence-corrected chi connectivity index (χ2v) is 1.18. The minimum Gasteiger partial charge on any atom is -0.377 e. The Labute approximate surface area is 56.3 Å². The van der Waals surface area contributed by atoms with E-state index in [-0.39, 0.29) is 0 Å². The van der Waals surface area contributed by atoms with Crippen molar-refractivity contribution in [1.82, 2.24) is 0 Å². The van der Waals surface area contributed by atoms with Crippen molar-refractivity contribution >= 4 is 0 Å². The van der Waals surface area contributed by atoms with Crippen molar-refractivity contribution in [2.24, 2.45) is 5.73 Å². The maximum Gasteiger partial charge on any atom is 0.0802 e. The van der Waals surface area contributed by atoms with E-state index in [1.54, 1.807) is 0 Å². The molecule has 1 aliphatic carbocycles. The molecule has 1 rings (SSSR count). The summed E-state index contributed by atoms with van der Waals surface area (Å²) in [5, 5.41) is 0. The van der Waals surface area contributed by atoms with E-state index < -0.39 is 31.9 Å². The zero-order valence-electron chi connectivity index (χ0n) is 12.5. The lowest BCUT2D eigenvalue weighted by atomic mass is 10.3. The number of methoxy groups -OCH3 is 1. The molecule has 0 aliphatic heterocycles. The van der Waals surface area contributed by atoms with Crippen molar-refractivity contribution in [3.05, 3.63) is 0 Å². The molecule has 1 aliphatic rings. The largest absolute Gasteiger partial charge is 0.377 e. The normalized spacial score (nSPS) is 62.1. The van der Waals surface area contributed by atoms with Gasteiger partial charge >= 0.3 is 0 Å². The minimum absolute atomic E-state index is 2.80. The molecule has 0 spiro atoms. The van der Waals surface area contributed by atoms with E-state index in [0.717, 1.165) is 0 Å². The molecule has 0 amide bonds. The van der Waals surface area contributed by atoms with Gasteiger partial charge in [0.25, 0.3) is 0 Å².